The molecule has 8 rings (SSSR count). The van der Waals surface area contributed by atoms with Crippen molar-refractivity contribution in [2.24, 2.45) is 11.8 Å². The fourth-order valence-electron chi connectivity index (χ4n) is 8.90. The van der Waals surface area contributed by atoms with Crippen molar-refractivity contribution in [3.05, 3.63) is 58.8 Å². The van der Waals surface area contributed by atoms with Gasteiger partial charge < -0.3 is 39.9 Å². The average Bonchev–Trinajstić information content (AvgIpc) is 4.08. The summed E-state index contributed by atoms with van der Waals surface area (Å²) in [5.74, 6) is 0.959. The molecule has 14 nitrogen and oxygen atoms in total. The van der Waals surface area contributed by atoms with Crippen molar-refractivity contribution in [3.63, 3.8) is 0 Å². The van der Waals surface area contributed by atoms with Crippen molar-refractivity contribution in [1.29, 1.82) is 0 Å². The van der Waals surface area contributed by atoms with Gasteiger partial charge in [-0.3, -0.25) is 9.59 Å². The van der Waals surface area contributed by atoms with Gasteiger partial charge in [0.15, 0.2) is 0 Å². The summed E-state index contributed by atoms with van der Waals surface area (Å²) >= 11 is 3.44. The molecule has 2 aliphatic heterocycles. The predicted octanol–water partition coefficient (Wildman–Crippen LogP) is 8.91. The number of carbonyl (C=O) groups excluding carboxylic acids is 4. The fourth-order valence-corrected chi connectivity index (χ4v) is 11.4. The number of benzene rings is 2. The van der Waals surface area contributed by atoms with Gasteiger partial charge in [-0.05, 0) is 86.8 Å². The molecule has 60 heavy (non-hydrogen) atoms. The van der Waals surface area contributed by atoms with Crippen LogP contribution in [0.4, 0.5) is 9.59 Å². The number of rotatable bonds is 10. The number of amides is 4. The van der Waals surface area contributed by atoms with Crippen molar-refractivity contribution in [1.82, 2.24) is 40.4 Å². The number of ether oxygens (including phenoxy) is 2. The van der Waals surface area contributed by atoms with Crippen LogP contribution < -0.4 is 10.6 Å². The average molecular weight is 853 g/mol. The molecule has 6 atom stereocenters. The van der Waals surface area contributed by atoms with Gasteiger partial charge in [0.2, 0.25) is 11.8 Å². The highest BCUT2D eigenvalue weighted by atomic mass is 32.1. The highest BCUT2D eigenvalue weighted by molar-refractivity contribution is 7.27. The minimum absolute atomic E-state index is 0.00638. The van der Waals surface area contributed by atoms with Gasteiger partial charge in [0.25, 0.3) is 0 Å². The monoisotopic (exact) mass is 852 g/mol. The maximum absolute atomic E-state index is 13.9. The van der Waals surface area contributed by atoms with Crippen molar-refractivity contribution < 1.29 is 28.7 Å². The number of fused-ring (bicyclic) bond motifs is 3. The molecule has 316 valence electrons. The molecule has 4 aromatic heterocycles. The maximum atomic E-state index is 13.9. The molecule has 6 aromatic rings. The lowest BCUT2D eigenvalue weighted by atomic mass is 10.0. The minimum atomic E-state index is -0.710. The largest absolute Gasteiger partial charge is 0.453 e. The summed E-state index contributed by atoms with van der Waals surface area (Å²) in [6.45, 7) is 11.7. The number of alkyl carbamates (subject to hydrolysis) is 2. The lowest BCUT2D eigenvalue weighted by molar-refractivity contribution is -0.138. The van der Waals surface area contributed by atoms with E-state index in [1.165, 1.54) is 23.6 Å². The van der Waals surface area contributed by atoms with Crippen LogP contribution in [-0.4, -0.2) is 92.1 Å². The van der Waals surface area contributed by atoms with Gasteiger partial charge in [-0.1, -0.05) is 39.8 Å². The molecular weight excluding hydrogens is 801 g/mol. The van der Waals surface area contributed by atoms with Gasteiger partial charge in [-0.25, -0.2) is 19.6 Å². The second-order valence-electron chi connectivity index (χ2n) is 16.8. The zero-order valence-corrected chi connectivity index (χ0v) is 36.8. The smallest absolute Gasteiger partial charge is 0.407 e. The number of H-pyrrole nitrogens is 2. The van der Waals surface area contributed by atoms with Crippen LogP contribution in [0.25, 0.3) is 53.7 Å². The van der Waals surface area contributed by atoms with Gasteiger partial charge >= 0.3 is 12.2 Å². The molecule has 16 heteroatoms. The molecule has 0 spiro atoms. The van der Waals surface area contributed by atoms with E-state index in [2.05, 4.69) is 55.6 Å². The Hall–Kier alpha value is -5.48. The van der Waals surface area contributed by atoms with Crippen LogP contribution in [0.5, 0.6) is 0 Å². The lowest BCUT2D eigenvalue weighted by Crippen LogP contribution is -2.52. The molecule has 6 heterocycles. The van der Waals surface area contributed by atoms with E-state index in [0.717, 1.165) is 81.7 Å². The first-order valence-corrected chi connectivity index (χ1v) is 22.4. The van der Waals surface area contributed by atoms with Crippen LogP contribution >= 0.6 is 22.7 Å². The molecule has 2 aromatic carbocycles. The first kappa shape index (κ1) is 41.3. The van der Waals surface area contributed by atoms with Crippen LogP contribution in [0.3, 0.4) is 0 Å². The second kappa shape index (κ2) is 16.5. The number of hydrogen-bond donors (Lipinski definition) is 4. The molecule has 2 saturated heterocycles. The third-order valence-electron chi connectivity index (χ3n) is 12.2. The highest BCUT2D eigenvalue weighted by Crippen LogP contribution is 2.45. The zero-order valence-electron chi connectivity index (χ0n) is 35.1. The number of imidazole rings is 2. The molecular formula is C44H52N8O6S2. The molecule has 0 aliphatic carbocycles. The van der Waals surface area contributed by atoms with Crippen molar-refractivity contribution >= 4 is 78.1 Å². The summed E-state index contributed by atoms with van der Waals surface area (Å²) in [4.78, 5) is 72.8. The number of likely N-dealkylation sites (tertiary alicyclic amines) is 2. The molecule has 2 fully saturated rings. The minimum Gasteiger partial charge on any atom is -0.453 e. The number of hydrogen-bond acceptors (Lipinski definition) is 10. The fraction of sp³-hybridized carbons (Fsp3) is 0.455. The van der Waals surface area contributed by atoms with Crippen LogP contribution in [0.1, 0.15) is 91.0 Å². The Kier molecular flexibility index (Phi) is 11.4. The zero-order chi connectivity index (χ0) is 42.6. The molecule has 4 amide bonds. The van der Waals surface area contributed by atoms with Gasteiger partial charge in [-0.15, -0.1) is 22.7 Å². The number of thiophene rings is 2. The molecule has 0 radical (unpaired) electrons. The Labute approximate surface area is 356 Å². The van der Waals surface area contributed by atoms with Crippen molar-refractivity contribution in [2.75, 3.05) is 14.2 Å². The third kappa shape index (κ3) is 7.48. The number of nitrogens with zero attached hydrogens (tertiary/aromatic N) is 4. The third-order valence-corrected chi connectivity index (χ3v) is 14.3. The Morgan fingerprint density at radius 1 is 0.667 bits per heavy atom. The summed E-state index contributed by atoms with van der Waals surface area (Å²) in [7, 11) is 2.60. The summed E-state index contributed by atoms with van der Waals surface area (Å²) in [6, 6.07) is 10.6. The van der Waals surface area contributed by atoms with E-state index in [4.69, 9.17) is 19.4 Å². The molecule has 0 bridgehead atoms. The number of carbonyl (C=O) groups is 4. The first-order valence-electron chi connectivity index (χ1n) is 20.6. The molecule has 0 saturated carbocycles. The van der Waals surface area contributed by atoms with E-state index in [1.54, 1.807) is 22.7 Å². The van der Waals surface area contributed by atoms with E-state index in [-0.39, 0.29) is 47.8 Å². The summed E-state index contributed by atoms with van der Waals surface area (Å²) < 4.78 is 12.0. The summed E-state index contributed by atoms with van der Waals surface area (Å²) in [6.07, 6.45) is 1.95. The molecule has 2 aliphatic rings. The Morgan fingerprint density at radius 3 is 1.43 bits per heavy atom. The van der Waals surface area contributed by atoms with Gasteiger partial charge in [0.1, 0.15) is 23.7 Å². The van der Waals surface area contributed by atoms with Gasteiger partial charge in [0, 0.05) is 34.0 Å². The van der Waals surface area contributed by atoms with E-state index < -0.39 is 24.3 Å². The molecule has 4 N–H and O–H groups in total. The van der Waals surface area contributed by atoms with Crippen molar-refractivity contribution in [3.8, 4) is 22.3 Å². The standard InChI is InChI=1S/C44H52N8O6S2/c1-21(2)35(49-43(55)57-7)41(53)51-23(5)9-15-33(51)39-45-29-13-11-25(17-31(29)47-39)27-19-59-38-28(20-60-37(27)38)26-12-14-30-32(18-26)48-40(46-30)34-16-10-24(6)52(34)42(54)36(22(3)4)50-44(56)58-8/h11-14,17-24,33-36H,9-10,15-16H2,1-8H3,(H,45,47)(H,46,48)(H,49,55)(H,50,56)/t23-,24-,33-,34-,35-,36-/m0/s1. The lowest BCUT2D eigenvalue weighted by Gasteiger charge is -2.32. The Morgan fingerprint density at radius 2 is 1.07 bits per heavy atom. The SMILES string of the molecule is COC(=O)N[C@H](C(=O)N1[C@@H](C)CC[C@H]1c1nc2ccc(-c3csc4c(-c5ccc6nc([C@@H]7CC[C@H](C)N7C(=O)[C@@H](NC(=O)OC)C(C)C)[nH]c6c5)csc34)cc2[nH]1)C(C)C. The number of nitrogens with one attached hydrogen (secondary N) is 4. The topological polar surface area (TPSA) is 175 Å². The first-order chi connectivity index (χ1) is 28.8. The number of aromatic nitrogens is 4. The van der Waals surface area contributed by atoms with Gasteiger partial charge in [0.05, 0.1) is 57.8 Å². The number of methoxy groups -OCH3 is 2. The number of aromatic amines is 2. The van der Waals surface area contributed by atoms with Crippen LogP contribution in [0, 0.1) is 11.8 Å². The van der Waals surface area contributed by atoms with E-state index in [1.807, 2.05) is 63.5 Å². The maximum Gasteiger partial charge on any atom is 0.407 e. The summed E-state index contributed by atoms with van der Waals surface area (Å²) in [5.41, 5.74) is 7.91. The van der Waals surface area contributed by atoms with Gasteiger partial charge in [-0.2, -0.15) is 0 Å². The summed E-state index contributed by atoms with van der Waals surface area (Å²) in [5, 5.41) is 9.90. The predicted molar refractivity (Wildman–Crippen MR) is 235 cm³/mol. The Balaban J connectivity index is 1.04. The Bertz CT molecular complexity index is 2410. The van der Waals surface area contributed by atoms with Crippen LogP contribution in [-0.2, 0) is 19.1 Å². The molecule has 0 unspecified atom stereocenters. The van der Waals surface area contributed by atoms with Crippen LogP contribution in [0.15, 0.2) is 47.2 Å². The quantitative estimate of drug-likeness (QED) is 0.106. The van der Waals surface area contributed by atoms with E-state index >= 15 is 0 Å². The van der Waals surface area contributed by atoms with Crippen LogP contribution in [0.2, 0.25) is 0 Å². The van der Waals surface area contributed by atoms with Crippen molar-refractivity contribution in [2.45, 2.75) is 103 Å². The van der Waals surface area contributed by atoms with E-state index in [0.29, 0.717) is 0 Å². The normalized spacial score (nSPS) is 20.4. The highest BCUT2D eigenvalue weighted by Gasteiger charge is 2.42. The second-order valence-corrected chi connectivity index (χ2v) is 18.5. The van der Waals surface area contributed by atoms with E-state index in [9.17, 15) is 19.2 Å².